The molecule has 0 unspecified atom stereocenters. The Labute approximate surface area is 161 Å². The summed E-state index contributed by atoms with van der Waals surface area (Å²) in [7, 11) is 0. The van der Waals surface area contributed by atoms with Crippen molar-refractivity contribution in [3.05, 3.63) is 58.8 Å². The third-order valence-electron chi connectivity index (χ3n) is 3.44. The molecule has 0 aliphatic carbocycles. The number of nitrogens with one attached hydrogen (secondary N) is 2. The van der Waals surface area contributed by atoms with E-state index in [4.69, 9.17) is 23.2 Å². The summed E-state index contributed by atoms with van der Waals surface area (Å²) in [6.45, 7) is 0. The molecule has 0 bridgehead atoms. The van der Waals surface area contributed by atoms with Crippen LogP contribution in [0.5, 0.6) is 0 Å². The van der Waals surface area contributed by atoms with Gasteiger partial charge in [-0.1, -0.05) is 34.5 Å². The van der Waals surface area contributed by atoms with Gasteiger partial charge in [0.1, 0.15) is 17.0 Å². The first-order chi connectivity index (χ1) is 12.6. The Morgan fingerprint density at radius 2 is 1.92 bits per heavy atom. The van der Waals surface area contributed by atoms with Crippen LogP contribution < -0.4 is 5.32 Å². The van der Waals surface area contributed by atoms with E-state index in [1.165, 1.54) is 29.8 Å². The van der Waals surface area contributed by atoms with Crippen LogP contribution in [0.4, 0.5) is 15.2 Å². The van der Waals surface area contributed by atoms with E-state index in [1.807, 2.05) is 12.1 Å². The fourth-order valence-electron chi connectivity index (χ4n) is 2.29. The van der Waals surface area contributed by atoms with E-state index < -0.39 is 5.82 Å². The van der Waals surface area contributed by atoms with Gasteiger partial charge in [0, 0.05) is 23.6 Å². The average Bonchev–Trinajstić information content (AvgIpc) is 3.28. The van der Waals surface area contributed by atoms with Crippen LogP contribution in [-0.2, 0) is 0 Å². The molecule has 0 saturated carbocycles. The first kappa shape index (κ1) is 16.9. The molecule has 2 N–H and O–H groups in total. The zero-order valence-corrected chi connectivity index (χ0v) is 15.2. The molecule has 3 heterocycles. The Kier molecular flexibility index (Phi) is 4.54. The van der Waals surface area contributed by atoms with E-state index in [9.17, 15) is 4.39 Å². The first-order valence-electron chi connectivity index (χ1n) is 7.31. The summed E-state index contributed by atoms with van der Waals surface area (Å²) in [4.78, 5) is 13.3. The normalized spacial score (nSPS) is 10.9. The summed E-state index contributed by atoms with van der Waals surface area (Å²) in [6, 6.07) is 6.22. The highest BCUT2D eigenvalue weighted by Gasteiger charge is 2.21. The number of H-pyrrole nitrogens is 1. The minimum Gasteiger partial charge on any atom is -0.331 e. The Morgan fingerprint density at radius 1 is 1.12 bits per heavy atom. The number of aromatic amines is 1. The second-order valence-corrected chi connectivity index (χ2v) is 6.94. The summed E-state index contributed by atoms with van der Waals surface area (Å²) in [6.07, 6.45) is 4.79. The van der Waals surface area contributed by atoms with Crippen molar-refractivity contribution in [2.75, 3.05) is 5.32 Å². The largest absolute Gasteiger partial charge is 0.331 e. The minimum absolute atomic E-state index is 0.0523. The van der Waals surface area contributed by atoms with Gasteiger partial charge in [0.2, 0.25) is 0 Å². The van der Waals surface area contributed by atoms with Crippen LogP contribution in [0, 0.1) is 5.82 Å². The molecule has 4 aromatic rings. The second kappa shape index (κ2) is 6.99. The summed E-state index contributed by atoms with van der Waals surface area (Å²) >= 11 is 13.4. The highest BCUT2D eigenvalue weighted by Crippen LogP contribution is 2.41. The second-order valence-electron chi connectivity index (χ2n) is 5.13. The number of benzene rings is 1. The number of hydrogen-bond acceptors (Lipinski definition) is 6. The van der Waals surface area contributed by atoms with Crippen molar-refractivity contribution in [2.24, 2.45) is 0 Å². The van der Waals surface area contributed by atoms with E-state index in [0.29, 0.717) is 27.1 Å². The fraction of sp³-hybridized carbons (Fsp3) is 0. The maximum atomic E-state index is 14.0. The van der Waals surface area contributed by atoms with E-state index in [0.717, 1.165) is 5.69 Å². The van der Waals surface area contributed by atoms with Gasteiger partial charge in [-0.2, -0.15) is 5.10 Å². The average molecular weight is 407 g/mol. The van der Waals surface area contributed by atoms with Gasteiger partial charge in [0.15, 0.2) is 11.0 Å². The molecule has 0 saturated heterocycles. The third kappa shape index (κ3) is 3.26. The molecule has 0 aliphatic rings. The van der Waals surface area contributed by atoms with Gasteiger partial charge in [0.05, 0.1) is 15.7 Å². The molecule has 0 atom stereocenters. The lowest BCUT2D eigenvalue weighted by atomic mass is 10.1. The smallest absolute Gasteiger partial charge is 0.193 e. The van der Waals surface area contributed by atoms with Crippen LogP contribution in [0.25, 0.3) is 22.0 Å². The van der Waals surface area contributed by atoms with E-state index >= 15 is 0 Å². The Balaban J connectivity index is 1.84. The molecule has 0 fully saturated rings. The molecule has 0 spiro atoms. The highest BCUT2D eigenvalue weighted by atomic mass is 35.5. The number of aromatic nitrogens is 5. The van der Waals surface area contributed by atoms with E-state index in [1.54, 1.807) is 12.4 Å². The van der Waals surface area contributed by atoms with Crippen molar-refractivity contribution in [3.63, 3.8) is 0 Å². The Morgan fingerprint density at radius 3 is 2.65 bits per heavy atom. The summed E-state index contributed by atoms with van der Waals surface area (Å²) in [5, 5.41) is 10.8. The SMILES string of the molecule is Fc1cc(-c2nc(Nc3ccncc3)sc2-c2nc[nH]n2)c(Cl)cc1Cl. The maximum Gasteiger partial charge on any atom is 0.193 e. The van der Waals surface area contributed by atoms with Crippen LogP contribution in [0.2, 0.25) is 10.0 Å². The van der Waals surface area contributed by atoms with Gasteiger partial charge in [-0.15, -0.1) is 0 Å². The van der Waals surface area contributed by atoms with Crippen LogP contribution in [0.3, 0.4) is 0 Å². The summed E-state index contributed by atoms with van der Waals surface area (Å²) in [5.74, 6) is -0.143. The molecule has 26 heavy (non-hydrogen) atoms. The van der Waals surface area contributed by atoms with Crippen LogP contribution >= 0.6 is 34.5 Å². The van der Waals surface area contributed by atoms with Gasteiger partial charge in [-0.3, -0.25) is 10.1 Å². The number of hydrogen-bond donors (Lipinski definition) is 2. The van der Waals surface area contributed by atoms with E-state index in [2.05, 4.69) is 30.5 Å². The van der Waals surface area contributed by atoms with Crippen molar-refractivity contribution < 1.29 is 4.39 Å². The highest BCUT2D eigenvalue weighted by molar-refractivity contribution is 7.19. The van der Waals surface area contributed by atoms with Gasteiger partial charge >= 0.3 is 0 Å². The van der Waals surface area contributed by atoms with Gasteiger partial charge in [-0.25, -0.2) is 14.4 Å². The Hall–Kier alpha value is -2.55. The molecule has 0 aliphatic heterocycles. The van der Waals surface area contributed by atoms with E-state index in [-0.39, 0.29) is 10.0 Å². The van der Waals surface area contributed by atoms with Crippen LogP contribution in [0.15, 0.2) is 43.0 Å². The lowest BCUT2D eigenvalue weighted by molar-refractivity contribution is 0.629. The molecule has 10 heteroatoms. The number of nitrogens with zero attached hydrogens (tertiary/aromatic N) is 4. The minimum atomic E-state index is -0.580. The molecular weight excluding hydrogens is 398 g/mol. The van der Waals surface area contributed by atoms with Crippen molar-refractivity contribution in [2.45, 2.75) is 0 Å². The molecular formula is C16H9Cl2FN6S. The number of rotatable bonds is 4. The number of pyridine rings is 1. The number of thiazole rings is 1. The van der Waals surface area contributed by atoms with Crippen molar-refractivity contribution in [3.8, 4) is 22.0 Å². The molecule has 1 aromatic carbocycles. The molecule has 4 rings (SSSR count). The monoisotopic (exact) mass is 406 g/mol. The molecule has 6 nitrogen and oxygen atoms in total. The van der Waals surface area contributed by atoms with Crippen LogP contribution in [-0.4, -0.2) is 25.1 Å². The van der Waals surface area contributed by atoms with Crippen molar-refractivity contribution in [1.29, 1.82) is 0 Å². The fourth-order valence-corrected chi connectivity index (χ4v) is 3.70. The maximum absolute atomic E-state index is 14.0. The standard InChI is InChI=1S/C16H9Cl2FN6S/c17-10-6-11(18)12(19)5-9(10)13-14(15-21-7-22-25-15)26-16(24-13)23-8-1-3-20-4-2-8/h1-7H,(H,20,23,24)(H,21,22,25). The first-order valence-corrected chi connectivity index (χ1v) is 8.88. The lowest BCUT2D eigenvalue weighted by Crippen LogP contribution is -1.91. The predicted octanol–water partition coefficient (Wildman–Crippen LogP) is 5.18. The molecule has 3 aromatic heterocycles. The van der Waals surface area contributed by atoms with Gasteiger partial charge in [-0.05, 0) is 24.3 Å². The topological polar surface area (TPSA) is 79.4 Å². The predicted molar refractivity (Wildman–Crippen MR) is 100 cm³/mol. The molecule has 0 radical (unpaired) electrons. The third-order valence-corrected chi connectivity index (χ3v) is 5.01. The molecule has 0 amide bonds. The van der Waals surface area contributed by atoms with Crippen molar-refractivity contribution >= 4 is 45.4 Å². The van der Waals surface area contributed by atoms with Crippen molar-refractivity contribution in [1.82, 2.24) is 25.1 Å². The Bertz CT molecular complexity index is 1050. The van der Waals surface area contributed by atoms with Crippen LogP contribution in [0.1, 0.15) is 0 Å². The number of anilines is 2. The number of halogens is 3. The zero-order chi connectivity index (χ0) is 18.1. The van der Waals surface area contributed by atoms with Gasteiger partial charge < -0.3 is 5.32 Å². The molecule has 130 valence electrons. The zero-order valence-electron chi connectivity index (χ0n) is 12.9. The van der Waals surface area contributed by atoms with Gasteiger partial charge in [0.25, 0.3) is 0 Å². The summed E-state index contributed by atoms with van der Waals surface area (Å²) in [5.41, 5.74) is 1.69. The lowest BCUT2D eigenvalue weighted by Gasteiger charge is -2.05. The quantitative estimate of drug-likeness (QED) is 0.456. The summed E-state index contributed by atoms with van der Waals surface area (Å²) < 4.78 is 14.0.